The van der Waals surface area contributed by atoms with Gasteiger partial charge in [-0.05, 0) is 66.9 Å². The van der Waals surface area contributed by atoms with Crippen LogP contribution in [0.3, 0.4) is 0 Å². The fourth-order valence-electron chi connectivity index (χ4n) is 4.15. The third-order valence-corrected chi connectivity index (χ3v) is 5.95. The summed E-state index contributed by atoms with van der Waals surface area (Å²) in [5.74, 6) is 0.233. The number of ether oxygens (including phenoxy) is 2. The molecule has 7 nitrogen and oxygen atoms in total. The molecule has 3 aromatic rings. The van der Waals surface area contributed by atoms with Crippen LogP contribution in [0, 0.1) is 5.82 Å². The summed E-state index contributed by atoms with van der Waals surface area (Å²) in [5.41, 5.74) is 3.04. The van der Waals surface area contributed by atoms with Gasteiger partial charge in [0, 0.05) is 36.6 Å². The van der Waals surface area contributed by atoms with Crippen molar-refractivity contribution in [1.82, 2.24) is 5.32 Å². The first-order valence-corrected chi connectivity index (χ1v) is 11.2. The van der Waals surface area contributed by atoms with E-state index in [1.165, 1.54) is 12.1 Å². The first-order chi connectivity index (χ1) is 16.6. The van der Waals surface area contributed by atoms with Gasteiger partial charge in [-0.25, -0.2) is 4.39 Å². The molecule has 2 amide bonds. The van der Waals surface area contributed by atoms with Gasteiger partial charge < -0.3 is 25.0 Å². The Morgan fingerprint density at radius 2 is 1.65 bits per heavy atom. The highest BCUT2D eigenvalue weighted by molar-refractivity contribution is 6.06. The van der Waals surface area contributed by atoms with Crippen molar-refractivity contribution in [2.75, 3.05) is 30.1 Å². The monoisotopic (exact) mass is 461 g/mol. The number of anilines is 2. The van der Waals surface area contributed by atoms with E-state index in [1.54, 1.807) is 42.5 Å². The molecule has 5 rings (SSSR count). The molecule has 3 aromatic carbocycles. The summed E-state index contributed by atoms with van der Waals surface area (Å²) in [6, 6.07) is 16.4. The fraction of sp³-hybridized carbons (Fsp3) is 0.231. The third kappa shape index (κ3) is 4.66. The lowest BCUT2D eigenvalue weighted by molar-refractivity contribution is 0.0950. The third-order valence-electron chi connectivity index (χ3n) is 5.95. The molecule has 1 fully saturated rings. The normalized spacial score (nSPS) is 14.2. The Hall–Kier alpha value is -4.07. The van der Waals surface area contributed by atoms with Crippen molar-refractivity contribution in [3.8, 4) is 11.5 Å². The smallest absolute Gasteiger partial charge is 0.255 e. The van der Waals surface area contributed by atoms with Crippen LogP contribution in [-0.2, 0) is 6.54 Å². The van der Waals surface area contributed by atoms with E-state index in [2.05, 4.69) is 15.5 Å². The largest absolute Gasteiger partial charge is 0.454 e. The van der Waals surface area contributed by atoms with E-state index >= 15 is 0 Å². The van der Waals surface area contributed by atoms with Crippen molar-refractivity contribution in [2.24, 2.45) is 0 Å². The van der Waals surface area contributed by atoms with Crippen LogP contribution >= 0.6 is 0 Å². The van der Waals surface area contributed by atoms with E-state index in [-0.39, 0.29) is 31.0 Å². The molecule has 0 saturated carbocycles. The molecular formula is C26H24FN3O4. The van der Waals surface area contributed by atoms with Crippen LogP contribution in [0.4, 0.5) is 15.8 Å². The SMILES string of the molecule is O=C(Nc1ccc(N2CCCC2)c(C(=O)NCc2ccc(F)cc2)c1)c1ccc2c(c1)OCO2. The number of nitrogens with one attached hydrogen (secondary N) is 2. The van der Waals surface area contributed by atoms with Crippen LogP contribution in [0.1, 0.15) is 39.1 Å². The lowest BCUT2D eigenvalue weighted by Gasteiger charge is -2.22. The Morgan fingerprint density at radius 1 is 0.882 bits per heavy atom. The summed E-state index contributed by atoms with van der Waals surface area (Å²) in [6.45, 7) is 2.16. The van der Waals surface area contributed by atoms with E-state index in [4.69, 9.17) is 9.47 Å². The number of hydrogen-bond acceptors (Lipinski definition) is 5. The minimum absolute atomic E-state index is 0.134. The quantitative estimate of drug-likeness (QED) is 0.571. The average molecular weight is 461 g/mol. The standard InChI is InChI=1S/C26H24FN3O4/c27-19-6-3-17(4-7-19)15-28-26(32)21-14-20(8-9-22(21)30-11-1-2-12-30)29-25(31)18-5-10-23-24(13-18)34-16-33-23/h3-10,13-14H,1-2,11-12,15-16H2,(H,28,32)(H,29,31). The molecule has 0 spiro atoms. The average Bonchev–Trinajstić information content (AvgIpc) is 3.55. The number of fused-ring (bicyclic) bond motifs is 1. The van der Waals surface area contributed by atoms with Crippen molar-refractivity contribution in [3.05, 3.63) is 83.2 Å². The van der Waals surface area contributed by atoms with E-state index in [0.29, 0.717) is 28.3 Å². The zero-order valence-corrected chi connectivity index (χ0v) is 18.5. The molecule has 174 valence electrons. The zero-order valence-electron chi connectivity index (χ0n) is 18.5. The lowest BCUT2D eigenvalue weighted by atomic mass is 10.1. The zero-order chi connectivity index (χ0) is 23.5. The van der Waals surface area contributed by atoms with Crippen molar-refractivity contribution in [3.63, 3.8) is 0 Å². The van der Waals surface area contributed by atoms with Gasteiger partial charge >= 0.3 is 0 Å². The Labute approximate surface area is 196 Å². The molecule has 2 N–H and O–H groups in total. The van der Waals surface area contributed by atoms with Gasteiger partial charge in [-0.15, -0.1) is 0 Å². The van der Waals surface area contributed by atoms with Crippen LogP contribution in [0.25, 0.3) is 0 Å². The van der Waals surface area contributed by atoms with Crippen LogP contribution in [-0.4, -0.2) is 31.7 Å². The van der Waals surface area contributed by atoms with E-state index in [0.717, 1.165) is 37.2 Å². The van der Waals surface area contributed by atoms with Gasteiger partial charge in [0.15, 0.2) is 11.5 Å². The predicted molar refractivity (Wildman–Crippen MR) is 126 cm³/mol. The van der Waals surface area contributed by atoms with Gasteiger partial charge in [0.2, 0.25) is 6.79 Å². The van der Waals surface area contributed by atoms with Gasteiger partial charge in [-0.1, -0.05) is 12.1 Å². The Morgan fingerprint density at radius 3 is 2.44 bits per heavy atom. The van der Waals surface area contributed by atoms with Gasteiger partial charge in [-0.2, -0.15) is 0 Å². The summed E-state index contributed by atoms with van der Waals surface area (Å²) in [5, 5.41) is 5.77. The first-order valence-electron chi connectivity index (χ1n) is 11.2. The minimum Gasteiger partial charge on any atom is -0.454 e. The number of amides is 2. The van der Waals surface area contributed by atoms with Crippen LogP contribution in [0.15, 0.2) is 60.7 Å². The molecule has 1 saturated heterocycles. The molecule has 0 atom stereocenters. The van der Waals surface area contributed by atoms with Gasteiger partial charge in [0.05, 0.1) is 5.56 Å². The van der Waals surface area contributed by atoms with Crippen LogP contribution in [0.2, 0.25) is 0 Å². The minimum atomic E-state index is -0.322. The highest BCUT2D eigenvalue weighted by atomic mass is 19.1. The van der Waals surface area contributed by atoms with Gasteiger partial charge in [0.1, 0.15) is 5.82 Å². The number of hydrogen-bond donors (Lipinski definition) is 2. The van der Waals surface area contributed by atoms with Gasteiger partial charge in [0.25, 0.3) is 11.8 Å². The molecule has 0 aromatic heterocycles. The maximum absolute atomic E-state index is 13.2. The Kier molecular flexibility index (Phi) is 6.03. The number of rotatable bonds is 6. The Bertz CT molecular complexity index is 1220. The van der Waals surface area contributed by atoms with E-state index < -0.39 is 0 Å². The summed E-state index contributed by atoms with van der Waals surface area (Å²) in [4.78, 5) is 28.1. The molecule has 0 radical (unpaired) electrons. The van der Waals surface area contributed by atoms with Crippen molar-refractivity contribution in [1.29, 1.82) is 0 Å². The number of halogens is 1. The molecular weight excluding hydrogens is 437 g/mol. The second-order valence-electron chi connectivity index (χ2n) is 8.26. The number of carbonyl (C=O) groups is 2. The molecule has 0 unspecified atom stereocenters. The fourth-order valence-corrected chi connectivity index (χ4v) is 4.15. The highest BCUT2D eigenvalue weighted by Gasteiger charge is 2.21. The predicted octanol–water partition coefficient (Wildman–Crippen LogP) is 4.34. The molecule has 34 heavy (non-hydrogen) atoms. The molecule has 0 aliphatic carbocycles. The molecule has 8 heteroatoms. The summed E-state index contributed by atoms with van der Waals surface area (Å²) in [6.07, 6.45) is 2.14. The topological polar surface area (TPSA) is 79.9 Å². The number of benzene rings is 3. The second kappa shape index (κ2) is 9.43. The molecule has 0 bridgehead atoms. The second-order valence-corrected chi connectivity index (χ2v) is 8.26. The number of nitrogens with zero attached hydrogens (tertiary/aromatic N) is 1. The van der Waals surface area contributed by atoms with Crippen molar-refractivity contribution < 1.29 is 23.5 Å². The first kappa shape index (κ1) is 21.8. The molecule has 2 aliphatic heterocycles. The summed E-state index contributed by atoms with van der Waals surface area (Å²) in [7, 11) is 0. The van der Waals surface area contributed by atoms with Crippen LogP contribution < -0.4 is 25.0 Å². The van der Waals surface area contributed by atoms with E-state index in [9.17, 15) is 14.0 Å². The molecule has 2 heterocycles. The van der Waals surface area contributed by atoms with Gasteiger partial charge in [-0.3, -0.25) is 9.59 Å². The Balaban J connectivity index is 1.36. The van der Waals surface area contributed by atoms with E-state index in [1.807, 2.05) is 6.07 Å². The highest BCUT2D eigenvalue weighted by Crippen LogP contribution is 2.33. The lowest BCUT2D eigenvalue weighted by Crippen LogP contribution is -2.27. The summed E-state index contributed by atoms with van der Waals surface area (Å²) < 4.78 is 23.8. The van der Waals surface area contributed by atoms with Crippen molar-refractivity contribution >= 4 is 23.2 Å². The maximum Gasteiger partial charge on any atom is 0.255 e. The maximum atomic E-state index is 13.2. The number of carbonyl (C=O) groups excluding carboxylic acids is 2. The summed E-state index contributed by atoms with van der Waals surface area (Å²) >= 11 is 0. The molecule has 2 aliphatic rings. The van der Waals surface area contributed by atoms with Crippen LogP contribution in [0.5, 0.6) is 11.5 Å². The van der Waals surface area contributed by atoms with Crippen molar-refractivity contribution in [2.45, 2.75) is 19.4 Å².